The summed E-state index contributed by atoms with van der Waals surface area (Å²) in [5, 5.41) is 8.18. The molecule has 7 heteroatoms. The predicted molar refractivity (Wildman–Crippen MR) is 73.6 cm³/mol. The van der Waals surface area contributed by atoms with Gasteiger partial charge < -0.3 is 14.8 Å². The van der Waals surface area contributed by atoms with Crippen LogP contribution in [-0.4, -0.2) is 41.9 Å². The molecule has 108 valence electrons. The molecule has 0 unspecified atom stereocenters. The molecular weight excluding hydrogens is 268 g/mol. The first-order valence-corrected chi connectivity index (χ1v) is 7.52. The highest BCUT2D eigenvalue weighted by atomic mass is 32.2. The maximum Gasteiger partial charge on any atom is 0.238 e. The van der Waals surface area contributed by atoms with Gasteiger partial charge in [-0.2, -0.15) is 0 Å². The summed E-state index contributed by atoms with van der Waals surface area (Å²) in [5.74, 6) is 0. The molecule has 19 heavy (non-hydrogen) atoms. The predicted octanol–water partition coefficient (Wildman–Crippen LogP) is 0.799. The molecule has 0 amide bonds. The van der Waals surface area contributed by atoms with Crippen molar-refractivity contribution in [2.24, 2.45) is 5.14 Å². The van der Waals surface area contributed by atoms with Crippen molar-refractivity contribution in [2.75, 3.05) is 38.8 Å². The van der Waals surface area contributed by atoms with Crippen molar-refractivity contribution in [2.45, 2.75) is 11.3 Å². The lowest BCUT2D eigenvalue weighted by Crippen LogP contribution is -2.12. The SMILES string of the molecule is COCCOCCCNc1ccc(S(N)(=O)=O)cc1. The highest BCUT2D eigenvalue weighted by molar-refractivity contribution is 7.89. The number of hydrogen-bond donors (Lipinski definition) is 2. The Morgan fingerprint density at radius 3 is 2.42 bits per heavy atom. The standard InChI is InChI=1S/C12H20N2O4S/c1-17-9-10-18-8-2-7-14-11-3-5-12(6-4-11)19(13,15)16/h3-6,14H,2,7-10H2,1H3,(H2,13,15,16). The first kappa shape index (κ1) is 15.9. The van der Waals surface area contributed by atoms with Crippen LogP contribution >= 0.6 is 0 Å². The number of hydrogen-bond acceptors (Lipinski definition) is 5. The van der Waals surface area contributed by atoms with Gasteiger partial charge in [0.1, 0.15) is 0 Å². The van der Waals surface area contributed by atoms with Gasteiger partial charge >= 0.3 is 0 Å². The first-order valence-electron chi connectivity index (χ1n) is 5.97. The van der Waals surface area contributed by atoms with E-state index in [9.17, 15) is 8.42 Å². The monoisotopic (exact) mass is 288 g/mol. The molecule has 0 aliphatic carbocycles. The molecule has 0 aromatic heterocycles. The Morgan fingerprint density at radius 1 is 1.16 bits per heavy atom. The molecule has 6 nitrogen and oxygen atoms in total. The lowest BCUT2D eigenvalue weighted by molar-refractivity contribution is 0.0705. The highest BCUT2D eigenvalue weighted by Crippen LogP contribution is 2.12. The van der Waals surface area contributed by atoms with E-state index in [1.807, 2.05) is 0 Å². The van der Waals surface area contributed by atoms with Gasteiger partial charge in [0.25, 0.3) is 0 Å². The Kier molecular flexibility index (Phi) is 6.79. The van der Waals surface area contributed by atoms with Gasteiger partial charge in [-0.3, -0.25) is 0 Å². The Labute approximate surface area is 113 Å². The summed E-state index contributed by atoms with van der Waals surface area (Å²) < 4.78 is 32.3. The van der Waals surface area contributed by atoms with E-state index in [1.54, 1.807) is 19.2 Å². The summed E-state index contributed by atoms with van der Waals surface area (Å²) >= 11 is 0. The molecular formula is C12H20N2O4S. The van der Waals surface area contributed by atoms with Gasteiger partial charge in [-0.1, -0.05) is 0 Å². The summed E-state index contributed by atoms with van der Waals surface area (Å²) in [6.45, 7) is 2.61. The second-order valence-electron chi connectivity index (χ2n) is 3.95. The summed E-state index contributed by atoms with van der Waals surface area (Å²) in [6, 6.07) is 6.33. The van der Waals surface area contributed by atoms with Crippen LogP contribution in [0.4, 0.5) is 5.69 Å². The zero-order chi connectivity index (χ0) is 14.1. The molecule has 0 saturated heterocycles. The average molecular weight is 288 g/mol. The fourth-order valence-corrected chi connectivity index (χ4v) is 1.93. The van der Waals surface area contributed by atoms with Crippen LogP contribution in [0.2, 0.25) is 0 Å². The lowest BCUT2D eigenvalue weighted by atomic mass is 10.3. The molecule has 1 aromatic carbocycles. The van der Waals surface area contributed by atoms with Crippen molar-refractivity contribution in [3.63, 3.8) is 0 Å². The fraction of sp³-hybridized carbons (Fsp3) is 0.500. The van der Waals surface area contributed by atoms with Crippen LogP contribution in [0.1, 0.15) is 6.42 Å². The minimum absolute atomic E-state index is 0.112. The van der Waals surface area contributed by atoms with E-state index in [1.165, 1.54) is 12.1 Å². The number of primary sulfonamides is 1. The third-order valence-electron chi connectivity index (χ3n) is 2.41. The van der Waals surface area contributed by atoms with Crippen LogP contribution in [-0.2, 0) is 19.5 Å². The van der Waals surface area contributed by atoms with Gasteiger partial charge in [0.05, 0.1) is 18.1 Å². The number of nitrogens with two attached hydrogens (primary N) is 1. The van der Waals surface area contributed by atoms with Crippen LogP contribution in [0.5, 0.6) is 0 Å². The molecule has 0 aliphatic heterocycles. The Bertz CT molecular complexity index is 459. The number of methoxy groups -OCH3 is 1. The normalized spacial score (nSPS) is 11.5. The second-order valence-corrected chi connectivity index (χ2v) is 5.52. The molecule has 0 aliphatic rings. The van der Waals surface area contributed by atoms with Crippen LogP contribution in [0, 0.1) is 0 Å². The maximum absolute atomic E-state index is 11.1. The second kappa shape index (κ2) is 8.11. The van der Waals surface area contributed by atoms with Crippen LogP contribution in [0.25, 0.3) is 0 Å². The number of ether oxygens (including phenoxy) is 2. The van der Waals surface area contributed by atoms with Gasteiger partial charge in [0, 0.05) is 25.9 Å². The molecule has 0 fully saturated rings. The molecule has 0 saturated carbocycles. The Morgan fingerprint density at radius 2 is 1.84 bits per heavy atom. The van der Waals surface area contributed by atoms with E-state index < -0.39 is 10.0 Å². The number of sulfonamides is 1. The van der Waals surface area contributed by atoms with E-state index in [4.69, 9.17) is 14.6 Å². The largest absolute Gasteiger partial charge is 0.385 e. The number of nitrogens with one attached hydrogen (secondary N) is 1. The van der Waals surface area contributed by atoms with Gasteiger partial charge in [0.15, 0.2) is 0 Å². The Balaban J connectivity index is 2.23. The van der Waals surface area contributed by atoms with Crippen LogP contribution < -0.4 is 10.5 Å². The molecule has 0 spiro atoms. The summed E-state index contributed by atoms with van der Waals surface area (Å²) in [7, 11) is -1.98. The molecule has 1 aromatic rings. The first-order chi connectivity index (χ1) is 9.04. The number of benzene rings is 1. The van der Waals surface area contributed by atoms with E-state index in [0.29, 0.717) is 19.8 Å². The molecule has 0 bridgehead atoms. The lowest BCUT2D eigenvalue weighted by Gasteiger charge is -2.07. The van der Waals surface area contributed by atoms with Crippen molar-refractivity contribution in [3.05, 3.63) is 24.3 Å². The van der Waals surface area contributed by atoms with Gasteiger partial charge in [0.2, 0.25) is 10.0 Å². The topological polar surface area (TPSA) is 90.7 Å². The minimum Gasteiger partial charge on any atom is -0.385 e. The quantitative estimate of drug-likeness (QED) is 0.656. The molecule has 0 heterocycles. The van der Waals surface area contributed by atoms with Crippen LogP contribution in [0.3, 0.4) is 0 Å². The van der Waals surface area contributed by atoms with Crippen molar-refractivity contribution in [1.29, 1.82) is 0 Å². The smallest absolute Gasteiger partial charge is 0.238 e. The molecule has 1 rings (SSSR count). The highest BCUT2D eigenvalue weighted by Gasteiger charge is 2.06. The minimum atomic E-state index is -3.62. The zero-order valence-corrected chi connectivity index (χ0v) is 11.8. The number of anilines is 1. The van der Waals surface area contributed by atoms with E-state index in [2.05, 4.69) is 5.32 Å². The van der Waals surface area contributed by atoms with Crippen molar-refractivity contribution >= 4 is 15.7 Å². The van der Waals surface area contributed by atoms with Gasteiger partial charge in [-0.05, 0) is 30.7 Å². The third-order valence-corrected chi connectivity index (χ3v) is 3.34. The molecule has 3 N–H and O–H groups in total. The molecule has 0 atom stereocenters. The van der Waals surface area contributed by atoms with Crippen molar-refractivity contribution in [1.82, 2.24) is 0 Å². The van der Waals surface area contributed by atoms with Gasteiger partial charge in [-0.15, -0.1) is 0 Å². The number of rotatable bonds is 9. The van der Waals surface area contributed by atoms with E-state index in [-0.39, 0.29) is 4.90 Å². The molecule has 0 radical (unpaired) electrons. The average Bonchev–Trinajstić information content (AvgIpc) is 2.37. The van der Waals surface area contributed by atoms with Crippen LogP contribution in [0.15, 0.2) is 29.2 Å². The van der Waals surface area contributed by atoms with Crippen molar-refractivity contribution < 1.29 is 17.9 Å². The van der Waals surface area contributed by atoms with E-state index >= 15 is 0 Å². The van der Waals surface area contributed by atoms with Crippen molar-refractivity contribution in [3.8, 4) is 0 Å². The summed E-state index contributed by atoms with van der Waals surface area (Å²) in [5.41, 5.74) is 0.851. The fourth-order valence-electron chi connectivity index (χ4n) is 1.41. The van der Waals surface area contributed by atoms with Gasteiger partial charge in [-0.25, -0.2) is 13.6 Å². The maximum atomic E-state index is 11.1. The third kappa shape index (κ3) is 6.53. The van der Waals surface area contributed by atoms with E-state index in [0.717, 1.165) is 18.7 Å². The zero-order valence-electron chi connectivity index (χ0n) is 11.0. The summed E-state index contributed by atoms with van der Waals surface area (Å²) in [4.78, 5) is 0.112. The Hall–Kier alpha value is -1.15. The summed E-state index contributed by atoms with van der Waals surface area (Å²) in [6.07, 6.45) is 0.862.